The molecule has 0 spiro atoms. The Kier molecular flexibility index (Phi) is 5.20. The summed E-state index contributed by atoms with van der Waals surface area (Å²) in [5.74, 6) is 1.52. The first-order valence-electron chi connectivity index (χ1n) is 5.88. The largest absolute Gasteiger partial charge is 0.496 e. The first-order chi connectivity index (χ1) is 8.83. The van der Waals surface area contributed by atoms with Crippen LogP contribution in [-0.4, -0.2) is 17.4 Å². The van der Waals surface area contributed by atoms with Gasteiger partial charge in [0.2, 0.25) is 0 Å². The summed E-state index contributed by atoms with van der Waals surface area (Å²) in [5.41, 5.74) is 4.34. The fraction of sp³-hybridized carbons (Fsp3) is 0.357. The molecule has 0 aliphatic rings. The molecule has 0 aliphatic heterocycles. The maximum absolute atomic E-state index is 5.40. The highest BCUT2D eigenvalue weighted by molar-refractivity contribution is 9.09. The topological polar surface area (TPSA) is 22.1 Å². The van der Waals surface area contributed by atoms with Gasteiger partial charge in [-0.05, 0) is 30.4 Å². The number of para-hydroxylation sites is 1. The molecule has 18 heavy (non-hydrogen) atoms. The second-order valence-electron chi connectivity index (χ2n) is 4.22. The van der Waals surface area contributed by atoms with Crippen LogP contribution in [0.4, 0.5) is 0 Å². The van der Waals surface area contributed by atoms with Gasteiger partial charge in [0.25, 0.3) is 0 Å². The molecule has 96 valence electrons. The molecular formula is C14H16BrNOS. The van der Waals surface area contributed by atoms with Crippen molar-refractivity contribution in [3.63, 3.8) is 0 Å². The molecular weight excluding hydrogens is 310 g/mol. The fourth-order valence-electron chi connectivity index (χ4n) is 2.00. The van der Waals surface area contributed by atoms with E-state index in [2.05, 4.69) is 38.4 Å². The molecule has 0 bridgehead atoms. The number of hydrogen-bond acceptors (Lipinski definition) is 3. The molecule has 0 saturated heterocycles. The van der Waals surface area contributed by atoms with Gasteiger partial charge in [-0.25, -0.2) is 4.98 Å². The normalized spacial score (nSPS) is 12.3. The fourth-order valence-corrected chi connectivity index (χ4v) is 3.03. The third-order valence-electron chi connectivity index (χ3n) is 2.90. The average Bonchev–Trinajstić information content (AvgIpc) is 2.91. The number of methoxy groups -OCH3 is 1. The number of ether oxygens (including phenoxy) is 1. The predicted octanol–water partition coefficient (Wildman–Crippen LogP) is 3.95. The van der Waals surface area contributed by atoms with Crippen LogP contribution in [0, 0.1) is 5.92 Å². The van der Waals surface area contributed by atoms with Crippen LogP contribution in [0.3, 0.4) is 0 Å². The Balaban J connectivity index is 2.05. The number of nitrogens with zero attached hydrogens (tertiary/aromatic N) is 1. The Morgan fingerprint density at radius 3 is 2.83 bits per heavy atom. The zero-order valence-corrected chi connectivity index (χ0v) is 12.7. The van der Waals surface area contributed by atoms with E-state index in [4.69, 9.17) is 4.74 Å². The van der Waals surface area contributed by atoms with E-state index in [0.29, 0.717) is 5.92 Å². The van der Waals surface area contributed by atoms with Crippen molar-refractivity contribution in [3.8, 4) is 5.75 Å². The van der Waals surface area contributed by atoms with E-state index < -0.39 is 0 Å². The van der Waals surface area contributed by atoms with Gasteiger partial charge in [0.1, 0.15) is 5.75 Å². The second-order valence-corrected chi connectivity index (χ2v) is 5.59. The molecule has 0 aliphatic carbocycles. The lowest BCUT2D eigenvalue weighted by Gasteiger charge is -2.15. The first kappa shape index (κ1) is 13.6. The number of rotatable bonds is 6. The second kappa shape index (κ2) is 6.90. The molecule has 0 radical (unpaired) electrons. The predicted molar refractivity (Wildman–Crippen MR) is 79.8 cm³/mol. The van der Waals surface area contributed by atoms with Crippen molar-refractivity contribution in [2.45, 2.75) is 12.8 Å². The van der Waals surface area contributed by atoms with Gasteiger partial charge in [-0.1, -0.05) is 34.1 Å². The lowest BCUT2D eigenvalue weighted by Crippen LogP contribution is -2.10. The Morgan fingerprint density at radius 1 is 1.33 bits per heavy atom. The van der Waals surface area contributed by atoms with Gasteiger partial charge in [-0.15, -0.1) is 11.3 Å². The summed E-state index contributed by atoms with van der Waals surface area (Å²) in [4.78, 5) is 4.35. The average molecular weight is 326 g/mol. The molecule has 1 heterocycles. The van der Waals surface area contributed by atoms with Crippen LogP contribution < -0.4 is 4.74 Å². The summed E-state index contributed by atoms with van der Waals surface area (Å²) in [7, 11) is 1.72. The summed E-state index contributed by atoms with van der Waals surface area (Å²) >= 11 is 5.26. The Morgan fingerprint density at radius 2 is 2.17 bits per heavy atom. The van der Waals surface area contributed by atoms with Gasteiger partial charge >= 0.3 is 0 Å². The van der Waals surface area contributed by atoms with E-state index in [0.717, 1.165) is 23.9 Å². The summed E-state index contributed by atoms with van der Waals surface area (Å²) in [6, 6.07) is 8.22. The summed E-state index contributed by atoms with van der Waals surface area (Å²) in [6.45, 7) is 0. The highest BCUT2D eigenvalue weighted by Gasteiger charge is 2.13. The molecule has 0 amide bonds. The lowest BCUT2D eigenvalue weighted by molar-refractivity contribution is 0.405. The minimum atomic E-state index is 0.545. The van der Waals surface area contributed by atoms with Crippen molar-refractivity contribution in [1.82, 2.24) is 4.98 Å². The lowest BCUT2D eigenvalue weighted by atomic mass is 9.96. The zero-order chi connectivity index (χ0) is 12.8. The smallest absolute Gasteiger partial charge is 0.122 e. The van der Waals surface area contributed by atoms with Crippen LogP contribution in [0.2, 0.25) is 0 Å². The summed E-state index contributed by atoms with van der Waals surface area (Å²) in [6.07, 6.45) is 2.01. The summed E-state index contributed by atoms with van der Waals surface area (Å²) < 4.78 is 5.40. The molecule has 2 nitrogen and oxygen atoms in total. The van der Waals surface area contributed by atoms with E-state index in [9.17, 15) is 0 Å². The minimum Gasteiger partial charge on any atom is -0.496 e. The van der Waals surface area contributed by atoms with Crippen LogP contribution in [0.1, 0.15) is 11.3 Å². The van der Waals surface area contributed by atoms with Crippen molar-refractivity contribution in [3.05, 3.63) is 46.4 Å². The van der Waals surface area contributed by atoms with Crippen molar-refractivity contribution in [2.24, 2.45) is 5.92 Å². The Labute approximate surface area is 120 Å². The van der Waals surface area contributed by atoms with Gasteiger partial charge in [0, 0.05) is 10.7 Å². The van der Waals surface area contributed by atoms with Crippen LogP contribution >= 0.6 is 27.3 Å². The Hall–Kier alpha value is -0.870. The van der Waals surface area contributed by atoms with E-state index in [1.54, 1.807) is 18.4 Å². The number of benzene rings is 1. The SMILES string of the molecule is COc1ccccc1CC(CBr)Cc1cscn1. The van der Waals surface area contributed by atoms with Crippen LogP contribution in [-0.2, 0) is 12.8 Å². The van der Waals surface area contributed by atoms with E-state index in [1.807, 2.05) is 17.6 Å². The van der Waals surface area contributed by atoms with E-state index in [1.165, 1.54) is 11.3 Å². The van der Waals surface area contributed by atoms with Crippen LogP contribution in [0.15, 0.2) is 35.2 Å². The highest BCUT2D eigenvalue weighted by Crippen LogP contribution is 2.23. The van der Waals surface area contributed by atoms with Gasteiger partial charge in [-0.2, -0.15) is 0 Å². The third kappa shape index (κ3) is 3.56. The first-order valence-corrected chi connectivity index (χ1v) is 7.94. The number of alkyl halides is 1. The highest BCUT2D eigenvalue weighted by atomic mass is 79.9. The number of thiazole rings is 1. The molecule has 0 saturated carbocycles. The quantitative estimate of drug-likeness (QED) is 0.750. The van der Waals surface area contributed by atoms with Gasteiger partial charge in [0.05, 0.1) is 18.3 Å². The molecule has 1 aromatic heterocycles. The molecule has 0 fully saturated rings. The van der Waals surface area contributed by atoms with Crippen LogP contribution in [0.5, 0.6) is 5.75 Å². The van der Waals surface area contributed by atoms with Gasteiger partial charge in [-0.3, -0.25) is 0 Å². The molecule has 1 atom stereocenters. The maximum Gasteiger partial charge on any atom is 0.122 e. The zero-order valence-electron chi connectivity index (χ0n) is 10.3. The standard InChI is InChI=1S/C14H16BrNOS/c1-17-14-5-3-2-4-12(14)6-11(8-15)7-13-9-18-10-16-13/h2-5,9-11H,6-8H2,1H3. The monoisotopic (exact) mass is 325 g/mol. The van der Waals surface area contributed by atoms with Crippen molar-refractivity contribution in [2.75, 3.05) is 12.4 Å². The minimum absolute atomic E-state index is 0.545. The van der Waals surface area contributed by atoms with Crippen molar-refractivity contribution >= 4 is 27.3 Å². The van der Waals surface area contributed by atoms with Gasteiger partial charge < -0.3 is 4.74 Å². The maximum atomic E-state index is 5.40. The van der Waals surface area contributed by atoms with Gasteiger partial charge in [0.15, 0.2) is 0 Å². The number of aromatic nitrogens is 1. The molecule has 4 heteroatoms. The molecule has 2 aromatic rings. The molecule has 2 rings (SSSR count). The summed E-state index contributed by atoms with van der Waals surface area (Å²) in [5, 5.41) is 3.10. The number of halogens is 1. The number of hydrogen-bond donors (Lipinski definition) is 0. The molecule has 1 aromatic carbocycles. The third-order valence-corrected chi connectivity index (χ3v) is 4.45. The molecule has 0 N–H and O–H groups in total. The molecule has 1 unspecified atom stereocenters. The van der Waals surface area contributed by atoms with E-state index >= 15 is 0 Å². The van der Waals surface area contributed by atoms with Crippen LogP contribution in [0.25, 0.3) is 0 Å². The van der Waals surface area contributed by atoms with Crippen molar-refractivity contribution < 1.29 is 4.74 Å². The van der Waals surface area contributed by atoms with E-state index in [-0.39, 0.29) is 0 Å². The Bertz CT molecular complexity index is 472. The van der Waals surface area contributed by atoms with Crippen molar-refractivity contribution in [1.29, 1.82) is 0 Å².